The Balaban J connectivity index is 1.05. The third kappa shape index (κ3) is 10.0. The first-order chi connectivity index (χ1) is 37.7. The van der Waals surface area contributed by atoms with Gasteiger partial charge in [-0.15, -0.1) is 0 Å². The fourth-order valence-corrected chi connectivity index (χ4v) is 10.2. The molecule has 12 rings (SSSR count). The Bertz CT molecular complexity index is 3800. The molecule has 0 bridgehead atoms. The first kappa shape index (κ1) is 46.9. The van der Waals surface area contributed by atoms with Crippen molar-refractivity contribution in [3.63, 3.8) is 0 Å². The van der Waals surface area contributed by atoms with E-state index in [4.69, 9.17) is 15.0 Å². The van der Waals surface area contributed by atoms with Crippen molar-refractivity contribution in [2.24, 2.45) is 0 Å². The Hall–Kier alpha value is -10.1. The van der Waals surface area contributed by atoms with Crippen LogP contribution in [0.4, 0.5) is 0 Å². The van der Waals surface area contributed by atoms with Gasteiger partial charge in [0.05, 0.1) is 0 Å². The predicted molar refractivity (Wildman–Crippen MR) is 316 cm³/mol. The van der Waals surface area contributed by atoms with Gasteiger partial charge in [-0.3, -0.25) is 0 Å². The van der Waals surface area contributed by atoms with Gasteiger partial charge in [-0.05, 0) is 95.1 Å². The average Bonchev–Trinajstić information content (AvgIpc) is 3.52. The topological polar surface area (TPSA) is 38.7 Å². The molecule has 76 heavy (non-hydrogen) atoms. The molecule has 3 heteroatoms. The van der Waals surface area contributed by atoms with Crippen LogP contribution in [0.2, 0.25) is 0 Å². The van der Waals surface area contributed by atoms with E-state index >= 15 is 0 Å². The second-order valence-corrected chi connectivity index (χ2v) is 18.6. The minimum absolute atomic E-state index is 0.612. The highest BCUT2D eigenvalue weighted by atomic mass is 15.0. The summed E-state index contributed by atoms with van der Waals surface area (Å²) in [6.45, 7) is 0. The number of hydrogen-bond donors (Lipinski definition) is 0. The Morgan fingerprint density at radius 1 is 0.171 bits per heavy atom. The third-order valence-corrected chi connectivity index (χ3v) is 13.8. The molecule has 0 saturated heterocycles. The van der Waals surface area contributed by atoms with Crippen LogP contribution in [0.5, 0.6) is 0 Å². The predicted octanol–water partition coefficient (Wildman–Crippen LogP) is 18.2. The molecular formula is C73H51N3. The van der Waals surface area contributed by atoms with Gasteiger partial charge in [-0.2, -0.15) is 0 Å². The Morgan fingerprint density at radius 2 is 0.395 bits per heavy atom. The van der Waals surface area contributed by atoms with Crippen molar-refractivity contribution in [2.45, 2.75) is 0 Å². The SMILES string of the molecule is c1ccc(C(=C(c2ccccc2)c2ccc(-c3ccc(C(=C(c4ccccc4)c4ccccc4)c4ccccc4)cc3-c3ccc(-c4nc(-c5ccccc5)nc(-c5ccccc5)n4)cc3)cc2)c2ccccc2)cc1. The molecule has 0 radical (unpaired) electrons. The molecule has 0 aliphatic heterocycles. The van der Waals surface area contributed by atoms with Gasteiger partial charge >= 0.3 is 0 Å². The van der Waals surface area contributed by atoms with E-state index in [1.54, 1.807) is 0 Å². The zero-order chi connectivity index (χ0) is 50.9. The van der Waals surface area contributed by atoms with Crippen LogP contribution in [0, 0.1) is 0 Å². The summed E-state index contributed by atoms with van der Waals surface area (Å²) >= 11 is 0. The van der Waals surface area contributed by atoms with E-state index in [0.717, 1.165) is 94.6 Å². The Morgan fingerprint density at radius 3 is 0.724 bits per heavy atom. The maximum absolute atomic E-state index is 5.08. The minimum atomic E-state index is 0.612. The van der Waals surface area contributed by atoms with Gasteiger partial charge < -0.3 is 0 Å². The highest BCUT2D eigenvalue weighted by molar-refractivity contribution is 6.07. The molecule has 3 nitrogen and oxygen atoms in total. The van der Waals surface area contributed by atoms with E-state index < -0.39 is 0 Å². The van der Waals surface area contributed by atoms with Gasteiger partial charge in [0.25, 0.3) is 0 Å². The van der Waals surface area contributed by atoms with Gasteiger partial charge in [0.2, 0.25) is 0 Å². The summed E-state index contributed by atoms with van der Waals surface area (Å²) in [5, 5.41) is 0. The van der Waals surface area contributed by atoms with E-state index in [1.165, 1.54) is 11.1 Å². The van der Waals surface area contributed by atoms with Crippen LogP contribution in [-0.2, 0) is 0 Å². The van der Waals surface area contributed by atoms with Crippen LogP contribution < -0.4 is 0 Å². The van der Waals surface area contributed by atoms with Crippen molar-refractivity contribution < 1.29 is 0 Å². The number of hydrogen-bond acceptors (Lipinski definition) is 3. The van der Waals surface area contributed by atoms with Gasteiger partial charge in [-0.25, -0.2) is 15.0 Å². The Kier molecular flexibility index (Phi) is 13.6. The highest BCUT2D eigenvalue weighted by Crippen LogP contribution is 2.43. The van der Waals surface area contributed by atoms with Crippen molar-refractivity contribution in [1.29, 1.82) is 0 Å². The van der Waals surface area contributed by atoms with Crippen molar-refractivity contribution in [3.8, 4) is 56.4 Å². The van der Waals surface area contributed by atoms with Crippen LogP contribution in [0.3, 0.4) is 0 Å². The first-order valence-corrected chi connectivity index (χ1v) is 25.8. The second kappa shape index (κ2) is 21.9. The summed E-state index contributed by atoms with van der Waals surface area (Å²) in [4.78, 5) is 15.1. The molecule has 0 fully saturated rings. The Labute approximate surface area is 445 Å². The minimum Gasteiger partial charge on any atom is -0.208 e. The zero-order valence-electron chi connectivity index (χ0n) is 41.8. The fourth-order valence-electron chi connectivity index (χ4n) is 10.2. The van der Waals surface area contributed by atoms with Crippen LogP contribution in [0.1, 0.15) is 44.5 Å². The third-order valence-electron chi connectivity index (χ3n) is 13.8. The standard InChI is InChI=1S/C73H51N3/c1-9-25-54(26-10-1)67(55-27-11-2-12-28-55)69(58-33-17-5-18-34-58)60-45-41-52(42-46-60)65-50-49-64(70(59-35-19-6-20-36-59)68(56-29-13-3-14-30-56)57-31-15-4-16-32-57)51-66(65)53-43-47-63(48-44-53)73-75-71(61-37-21-7-22-38-61)74-72(76-73)62-39-23-8-24-40-62/h1-51H. The summed E-state index contributed by atoms with van der Waals surface area (Å²) in [7, 11) is 0. The lowest BCUT2D eigenvalue weighted by atomic mass is 9.83. The lowest BCUT2D eigenvalue weighted by Crippen LogP contribution is -2.00. The van der Waals surface area contributed by atoms with Crippen LogP contribution in [-0.4, -0.2) is 15.0 Å². The molecule has 1 heterocycles. The number of nitrogens with zero attached hydrogens (tertiary/aromatic N) is 3. The molecule has 0 aliphatic rings. The molecule has 0 atom stereocenters. The lowest BCUT2D eigenvalue weighted by Gasteiger charge is -2.21. The van der Waals surface area contributed by atoms with Crippen molar-refractivity contribution >= 4 is 22.3 Å². The largest absolute Gasteiger partial charge is 0.208 e. The summed E-state index contributed by atoms with van der Waals surface area (Å²) in [6.07, 6.45) is 0. The molecular weight excluding hydrogens is 919 g/mol. The fraction of sp³-hybridized carbons (Fsp3) is 0. The molecule has 0 aliphatic carbocycles. The second-order valence-electron chi connectivity index (χ2n) is 18.6. The lowest BCUT2D eigenvalue weighted by molar-refractivity contribution is 1.07. The quantitative estimate of drug-likeness (QED) is 0.108. The first-order valence-electron chi connectivity index (χ1n) is 25.8. The zero-order valence-corrected chi connectivity index (χ0v) is 41.8. The maximum atomic E-state index is 5.08. The smallest absolute Gasteiger partial charge is 0.164 e. The van der Waals surface area contributed by atoms with Gasteiger partial charge in [0.1, 0.15) is 0 Å². The van der Waals surface area contributed by atoms with E-state index in [2.05, 4.69) is 249 Å². The average molecular weight is 970 g/mol. The van der Waals surface area contributed by atoms with Crippen molar-refractivity contribution in [3.05, 3.63) is 354 Å². The van der Waals surface area contributed by atoms with E-state index in [0.29, 0.717) is 17.5 Å². The number of benzene rings is 11. The molecule has 0 unspecified atom stereocenters. The van der Waals surface area contributed by atoms with Crippen LogP contribution in [0.25, 0.3) is 78.7 Å². The van der Waals surface area contributed by atoms with E-state index in [9.17, 15) is 0 Å². The molecule has 11 aromatic carbocycles. The molecule has 0 N–H and O–H groups in total. The normalized spacial score (nSPS) is 10.9. The van der Waals surface area contributed by atoms with Gasteiger partial charge in [-0.1, -0.05) is 303 Å². The maximum Gasteiger partial charge on any atom is 0.164 e. The van der Waals surface area contributed by atoms with Gasteiger partial charge in [0.15, 0.2) is 17.5 Å². The summed E-state index contributed by atoms with van der Waals surface area (Å²) < 4.78 is 0. The van der Waals surface area contributed by atoms with Crippen LogP contribution >= 0.6 is 0 Å². The van der Waals surface area contributed by atoms with E-state index in [-0.39, 0.29) is 0 Å². The summed E-state index contributed by atoms with van der Waals surface area (Å²) in [5.74, 6) is 1.87. The molecule has 12 aromatic rings. The van der Waals surface area contributed by atoms with Crippen LogP contribution in [0.15, 0.2) is 309 Å². The highest BCUT2D eigenvalue weighted by Gasteiger charge is 2.21. The molecule has 358 valence electrons. The molecule has 0 spiro atoms. The molecule has 0 saturated carbocycles. The summed E-state index contributed by atoms with van der Waals surface area (Å²) in [5.41, 5.74) is 21.0. The van der Waals surface area contributed by atoms with Gasteiger partial charge in [0, 0.05) is 16.7 Å². The van der Waals surface area contributed by atoms with Crippen molar-refractivity contribution in [1.82, 2.24) is 15.0 Å². The number of aromatic nitrogens is 3. The monoisotopic (exact) mass is 969 g/mol. The molecule has 1 aromatic heterocycles. The summed E-state index contributed by atoms with van der Waals surface area (Å²) in [6, 6.07) is 110. The molecule has 0 amide bonds. The number of rotatable bonds is 13. The van der Waals surface area contributed by atoms with Crippen molar-refractivity contribution in [2.75, 3.05) is 0 Å². The van der Waals surface area contributed by atoms with E-state index in [1.807, 2.05) is 60.7 Å².